The van der Waals surface area contributed by atoms with E-state index in [0.29, 0.717) is 0 Å². The largest absolute Gasteiger partial charge is 0.484 e. The summed E-state index contributed by atoms with van der Waals surface area (Å²) in [7, 11) is 0. The predicted octanol–water partition coefficient (Wildman–Crippen LogP) is 3.46. The first-order valence-corrected chi connectivity index (χ1v) is 8.00. The van der Waals surface area contributed by atoms with Crippen molar-refractivity contribution in [3.05, 3.63) is 27.8 Å². The van der Waals surface area contributed by atoms with Crippen molar-refractivity contribution in [2.45, 2.75) is 32.1 Å². The summed E-state index contributed by atoms with van der Waals surface area (Å²) in [5.41, 5.74) is 0. The second-order valence-corrected chi connectivity index (χ2v) is 6.14. The van der Waals surface area contributed by atoms with Crippen LogP contribution in [0.2, 0.25) is 0 Å². The van der Waals surface area contributed by atoms with Gasteiger partial charge in [0.15, 0.2) is 6.61 Å². The minimum atomic E-state index is 0.112. The highest BCUT2D eigenvalue weighted by molar-refractivity contribution is 14.1. The molecule has 1 aliphatic heterocycles. The minimum absolute atomic E-state index is 0.112. The average molecular weight is 373 g/mol. The summed E-state index contributed by atoms with van der Waals surface area (Å²) in [6, 6.07) is 7.79. The Morgan fingerprint density at radius 3 is 2.53 bits per heavy atom. The van der Waals surface area contributed by atoms with Gasteiger partial charge in [0, 0.05) is 16.7 Å². The van der Waals surface area contributed by atoms with Gasteiger partial charge in [-0.15, -0.1) is 0 Å². The third-order valence-corrected chi connectivity index (χ3v) is 4.04. The minimum Gasteiger partial charge on any atom is -0.484 e. The molecule has 1 aromatic carbocycles. The molecular weight excluding hydrogens is 353 g/mol. The lowest BCUT2D eigenvalue weighted by Crippen LogP contribution is -2.37. The third-order valence-electron chi connectivity index (χ3n) is 3.37. The van der Waals surface area contributed by atoms with Crippen LogP contribution < -0.4 is 4.74 Å². The Morgan fingerprint density at radius 2 is 1.84 bits per heavy atom. The summed E-state index contributed by atoms with van der Waals surface area (Å²) >= 11 is 2.24. The molecule has 0 radical (unpaired) electrons. The van der Waals surface area contributed by atoms with Crippen LogP contribution in [0.25, 0.3) is 0 Å². The van der Waals surface area contributed by atoms with E-state index in [0.717, 1.165) is 35.3 Å². The van der Waals surface area contributed by atoms with Gasteiger partial charge in [0.25, 0.3) is 5.91 Å². The predicted molar refractivity (Wildman–Crippen MR) is 84.3 cm³/mol. The van der Waals surface area contributed by atoms with Crippen LogP contribution >= 0.6 is 22.6 Å². The number of amides is 1. The third kappa shape index (κ3) is 5.01. The number of likely N-dealkylation sites (tertiary alicyclic amines) is 1. The van der Waals surface area contributed by atoms with Crippen LogP contribution in [0, 0.1) is 3.57 Å². The topological polar surface area (TPSA) is 29.5 Å². The molecule has 4 heteroatoms. The SMILES string of the molecule is O=C(COc1cccc(I)c1)N1CCCCCCC1. The Balaban J connectivity index is 1.82. The Morgan fingerprint density at radius 1 is 1.16 bits per heavy atom. The van der Waals surface area contributed by atoms with E-state index >= 15 is 0 Å². The Kier molecular flexibility index (Phi) is 5.94. The highest BCUT2D eigenvalue weighted by Crippen LogP contribution is 2.15. The van der Waals surface area contributed by atoms with Gasteiger partial charge >= 0.3 is 0 Å². The van der Waals surface area contributed by atoms with Gasteiger partial charge in [-0.05, 0) is 53.6 Å². The fourth-order valence-corrected chi connectivity index (χ4v) is 2.80. The Labute approximate surface area is 128 Å². The molecule has 1 aliphatic rings. The molecule has 1 heterocycles. The van der Waals surface area contributed by atoms with E-state index in [4.69, 9.17) is 4.74 Å². The molecular formula is C15H20INO2. The van der Waals surface area contributed by atoms with Crippen LogP contribution in [0.3, 0.4) is 0 Å². The molecule has 0 atom stereocenters. The van der Waals surface area contributed by atoms with Gasteiger partial charge < -0.3 is 9.64 Å². The normalized spacial score (nSPS) is 16.6. The van der Waals surface area contributed by atoms with Gasteiger partial charge in [0.2, 0.25) is 0 Å². The van der Waals surface area contributed by atoms with Crippen molar-refractivity contribution in [3.8, 4) is 5.75 Å². The van der Waals surface area contributed by atoms with Crippen molar-refractivity contribution in [1.82, 2.24) is 4.90 Å². The molecule has 1 saturated heterocycles. The molecule has 1 fully saturated rings. The van der Waals surface area contributed by atoms with E-state index in [1.165, 1.54) is 19.3 Å². The lowest BCUT2D eigenvalue weighted by molar-refractivity contribution is -0.133. The summed E-state index contributed by atoms with van der Waals surface area (Å²) in [6.45, 7) is 1.92. The second kappa shape index (κ2) is 7.72. The van der Waals surface area contributed by atoms with E-state index in [9.17, 15) is 4.79 Å². The van der Waals surface area contributed by atoms with Crippen LogP contribution in [0.1, 0.15) is 32.1 Å². The molecule has 0 bridgehead atoms. The standard InChI is InChI=1S/C15H20INO2/c16-13-7-6-8-14(11-13)19-12-15(18)17-9-4-2-1-3-5-10-17/h6-8,11H,1-5,9-10,12H2. The molecule has 0 spiro atoms. The van der Waals surface area contributed by atoms with E-state index in [1.807, 2.05) is 29.2 Å². The smallest absolute Gasteiger partial charge is 0.260 e. The van der Waals surface area contributed by atoms with Gasteiger partial charge in [0.05, 0.1) is 0 Å². The van der Waals surface area contributed by atoms with E-state index in [1.54, 1.807) is 0 Å². The maximum atomic E-state index is 12.1. The number of benzene rings is 1. The molecule has 3 nitrogen and oxygen atoms in total. The van der Waals surface area contributed by atoms with Crippen molar-refractivity contribution in [1.29, 1.82) is 0 Å². The van der Waals surface area contributed by atoms with Gasteiger partial charge in [-0.3, -0.25) is 4.79 Å². The summed E-state index contributed by atoms with van der Waals surface area (Å²) < 4.78 is 6.70. The van der Waals surface area contributed by atoms with Crippen LogP contribution in [0.4, 0.5) is 0 Å². The number of hydrogen-bond donors (Lipinski definition) is 0. The first-order chi connectivity index (χ1) is 9.25. The van der Waals surface area contributed by atoms with Crippen LogP contribution in [0.15, 0.2) is 24.3 Å². The van der Waals surface area contributed by atoms with Gasteiger partial charge in [-0.1, -0.05) is 25.3 Å². The lowest BCUT2D eigenvalue weighted by Gasteiger charge is -2.24. The van der Waals surface area contributed by atoms with E-state index in [2.05, 4.69) is 22.6 Å². The number of carbonyl (C=O) groups excluding carboxylic acids is 1. The molecule has 0 unspecified atom stereocenters. The zero-order chi connectivity index (χ0) is 13.5. The number of nitrogens with zero attached hydrogens (tertiary/aromatic N) is 1. The van der Waals surface area contributed by atoms with Crippen molar-refractivity contribution in [2.24, 2.45) is 0 Å². The maximum Gasteiger partial charge on any atom is 0.260 e. The monoisotopic (exact) mass is 373 g/mol. The highest BCUT2D eigenvalue weighted by Gasteiger charge is 2.15. The first kappa shape index (κ1) is 14.6. The quantitative estimate of drug-likeness (QED) is 0.760. The van der Waals surface area contributed by atoms with Gasteiger partial charge in [-0.2, -0.15) is 0 Å². The first-order valence-electron chi connectivity index (χ1n) is 6.92. The fraction of sp³-hybridized carbons (Fsp3) is 0.533. The Hall–Kier alpha value is -0.780. The average Bonchev–Trinajstić information content (AvgIpc) is 2.36. The van der Waals surface area contributed by atoms with E-state index < -0.39 is 0 Å². The van der Waals surface area contributed by atoms with Gasteiger partial charge in [0.1, 0.15) is 5.75 Å². The fourth-order valence-electron chi connectivity index (χ4n) is 2.29. The van der Waals surface area contributed by atoms with Crippen molar-refractivity contribution in [2.75, 3.05) is 19.7 Å². The van der Waals surface area contributed by atoms with Gasteiger partial charge in [-0.25, -0.2) is 0 Å². The number of rotatable bonds is 3. The Bertz CT molecular complexity index is 414. The second-order valence-electron chi connectivity index (χ2n) is 4.89. The molecule has 0 saturated carbocycles. The highest BCUT2D eigenvalue weighted by atomic mass is 127. The summed E-state index contributed by atoms with van der Waals surface area (Å²) in [5, 5.41) is 0. The molecule has 0 aromatic heterocycles. The molecule has 2 rings (SSSR count). The summed E-state index contributed by atoms with van der Waals surface area (Å²) in [4.78, 5) is 14.1. The zero-order valence-electron chi connectivity index (χ0n) is 11.1. The van der Waals surface area contributed by atoms with Crippen molar-refractivity contribution in [3.63, 3.8) is 0 Å². The number of ether oxygens (including phenoxy) is 1. The summed E-state index contributed by atoms with van der Waals surface area (Å²) in [6.07, 6.45) is 6.02. The van der Waals surface area contributed by atoms with Crippen LogP contribution in [-0.4, -0.2) is 30.5 Å². The number of carbonyl (C=O) groups is 1. The zero-order valence-corrected chi connectivity index (χ0v) is 13.3. The molecule has 19 heavy (non-hydrogen) atoms. The molecule has 1 amide bonds. The summed E-state index contributed by atoms with van der Waals surface area (Å²) in [5.74, 6) is 0.882. The lowest BCUT2D eigenvalue weighted by atomic mass is 10.1. The van der Waals surface area contributed by atoms with E-state index in [-0.39, 0.29) is 12.5 Å². The molecule has 1 aromatic rings. The number of halogens is 1. The number of hydrogen-bond acceptors (Lipinski definition) is 2. The molecule has 0 N–H and O–H groups in total. The molecule has 104 valence electrons. The van der Waals surface area contributed by atoms with Crippen LogP contribution in [-0.2, 0) is 4.79 Å². The van der Waals surface area contributed by atoms with Crippen molar-refractivity contribution >= 4 is 28.5 Å². The van der Waals surface area contributed by atoms with Crippen LogP contribution in [0.5, 0.6) is 5.75 Å². The maximum absolute atomic E-state index is 12.1. The molecule has 0 aliphatic carbocycles. The van der Waals surface area contributed by atoms with Crippen molar-refractivity contribution < 1.29 is 9.53 Å².